The van der Waals surface area contributed by atoms with E-state index in [9.17, 15) is 23.1 Å². The minimum atomic E-state index is -4.97. The van der Waals surface area contributed by atoms with Gasteiger partial charge < -0.3 is 10.4 Å². The van der Waals surface area contributed by atoms with Gasteiger partial charge in [0.05, 0.1) is 11.6 Å². The van der Waals surface area contributed by atoms with Gasteiger partial charge in [-0.25, -0.2) is 0 Å². The number of hydrogen-bond acceptors (Lipinski definition) is 2. The topological polar surface area (TPSA) is 49.3 Å². The summed E-state index contributed by atoms with van der Waals surface area (Å²) in [6.07, 6.45) is -4.97. The van der Waals surface area contributed by atoms with Gasteiger partial charge in [0.15, 0.2) is 0 Å². The number of carbonyl (C=O) groups is 1. The lowest BCUT2D eigenvalue weighted by Crippen LogP contribution is -2.46. The second-order valence-electron chi connectivity index (χ2n) is 4.47. The standard InChI is InChI=1S/C12H14F3NO2/c1-11(2,18)9(8-6-4-3-5-7-8)16-10(17)12(13,14)15/h3-7,9,18H,1-2H3,(H,16,17)/t9-/m1/s1. The summed E-state index contributed by atoms with van der Waals surface area (Å²) in [6.45, 7) is 2.67. The summed E-state index contributed by atoms with van der Waals surface area (Å²) < 4.78 is 36.7. The van der Waals surface area contributed by atoms with Gasteiger partial charge in [0, 0.05) is 0 Å². The molecular formula is C12H14F3NO2. The molecule has 1 aromatic rings. The zero-order valence-electron chi connectivity index (χ0n) is 9.95. The van der Waals surface area contributed by atoms with Gasteiger partial charge in [0.1, 0.15) is 0 Å². The number of alkyl halides is 3. The summed E-state index contributed by atoms with van der Waals surface area (Å²) in [4.78, 5) is 10.9. The quantitative estimate of drug-likeness (QED) is 0.876. The molecule has 0 aliphatic heterocycles. The third-order valence-corrected chi connectivity index (χ3v) is 2.37. The van der Waals surface area contributed by atoms with Gasteiger partial charge >= 0.3 is 12.1 Å². The van der Waals surface area contributed by atoms with E-state index in [1.54, 1.807) is 35.6 Å². The number of rotatable bonds is 3. The lowest BCUT2D eigenvalue weighted by atomic mass is 9.92. The maximum atomic E-state index is 12.2. The van der Waals surface area contributed by atoms with Crippen LogP contribution in [0, 0.1) is 0 Å². The molecule has 0 spiro atoms. The van der Waals surface area contributed by atoms with Crippen molar-refractivity contribution in [2.24, 2.45) is 0 Å². The van der Waals surface area contributed by atoms with E-state index in [2.05, 4.69) is 0 Å². The fourth-order valence-corrected chi connectivity index (χ4v) is 1.53. The second-order valence-corrected chi connectivity index (χ2v) is 4.47. The molecule has 1 aromatic carbocycles. The van der Waals surface area contributed by atoms with Crippen LogP contribution in [0.1, 0.15) is 25.5 Å². The van der Waals surface area contributed by atoms with Gasteiger partial charge in [-0.15, -0.1) is 0 Å². The number of hydrogen-bond donors (Lipinski definition) is 2. The molecule has 3 nitrogen and oxygen atoms in total. The van der Waals surface area contributed by atoms with Crippen molar-refractivity contribution in [1.29, 1.82) is 0 Å². The predicted octanol–water partition coefficient (Wildman–Crippen LogP) is 2.18. The van der Waals surface area contributed by atoms with E-state index in [-0.39, 0.29) is 0 Å². The number of benzene rings is 1. The molecule has 0 bridgehead atoms. The Morgan fingerprint density at radius 2 is 1.72 bits per heavy atom. The van der Waals surface area contributed by atoms with Crippen molar-refractivity contribution in [2.45, 2.75) is 31.7 Å². The summed E-state index contributed by atoms with van der Waals surface area (Å²) >= 11 is 0. The third-order valence-electron chi connectivity index (χ3n) is 2.37. The first-order valence-electron chi connectivity index (χ1n) is 5.27. The van der Waals surface area contributed by atoms with Crippen molar-refractivity contribution >= 4 is 5.91 Å². The third kappa shape index (κ3) is 3.73. The van der Waals surface area contributed by atoms with Crippen molar-refractivity contribution in [3.8, 4) is 0 Å². The molecule has 1 rings (SSSR count). The summed E-state index contributed by atoms with van der Waals surface area (Å²) in [6, 6.07) is 6.88. The van der Waals surface area contributed by atoms with E-state index in [4.69, 9.17) is 0 Å². The molecule has 0 heterocycles. The first-order chi connectivity index (χ1) is 8.12. The van der Waals surface area contributed by atoms with Crippen LogP contribution in [0.15, 0.2) is 30.3 Å². The second kappa shape index (κ2) is 4.97. The highest BCUT2D eigenvalue weighted by Gasteiger charge is 2.42. The van der Waals surface area contributed by atoms with Gasteiger partial charge in [-0.3, -0.25) is 4.79 Å². The van der Waals surface area contributed by atoms with Crippen molar-refractivity contribution in [2.75, 3.05) is 0 Å². The fourth-order valence-electron chi connectivity index (χ4n) is 1.53. The highest BCUT2D eigenvalue weighted by Crippen LogP contribution is 2.27. The molecule has 0 aromatic heterocycles. The minimum absolute atomic E-state index is 0.405. The average Bonchev–Trinajstić information content (AvgIpc) is 2.23. The van der Waals surface area contributed by atoms with Crippen LogP contribution in [0.25, 0.3) is 0 Å². The SMILES string of the molecule is CC(C)(O)[C@H](NC(=O)C(F)(F)F)c1ccccc1. The molecule has 6 heteroatoms. The molecule has 0 aliphatic carbocycles. The Morgan fingerprint density at radius 1 is 1.22 bits per heavy atom. The number of carbonyl (C=O) groups excluding carboxylic acids is 1. The van der Waals surface area contributed by atoms with Crippen LogP contribution in [-0.2, 0) is 4.79 Å². The smallest absolute Gasteiger partial charge is 0.388 e. The molecular weight excluding hydrogens is 247 g/mol. The van der Waals surface area contributed by atoms with Crippen molar-refractivity contribution in [3.05, 3.63) is 35.9 Å². The largest absolute Gasteiger partial charge is 0.471 e. The normalized spacial score (nSPS) is 14.1. The summed E-state index contributed by atoms with van der Waals surface area (Å²) in [5.41, 5.74) is -1.11. The highest BCUT2D eigenvalue weighted by atomic mass is 19.4. The first kappa shape index (κ1) is 14.5. The van der Waals surface area contributed by atoms with Crippen molar-refractivity contribution in [3.63, 3.8) is 0 Å². The number of aliphatic hydroxyl groups is 1. The summed E-state index contributed by atoms with van der Waals surface area (Å²) in [5.74, 6) is -2.07. The zero-order valence-corrected chi connectivity index (χ0v) is 9.95. The Bertz CT molecular complexity index is 410. The van der Waals surface area contributed by atoms with E-state index in [0.717, 1.165) is 0 Å². The number of nitrogens with one attached hydrogen (secondary N) is 1. The molecule has 18 heavy (non-hydrogen) atoms. The Labute approximate surface area is 103 Å². The van der Waals surface area contributed by atoms with Gasteiger partial charge in [-0.1, -0.05) is 30.3 Å². The fraction of sp³-hybridized carbons (Fsp3) is 0.417. The monoisotopic (exact) mass is 261 g/mol. The maximum Gasteiger partial charge on any atom is 0.471 e. The van der Waals surface area contributed by atoms with E-state index < -0.39 is 23.7 Å². The van der Waals surface area contributed by atoms with Crippen LogP contribution in [0.4, 0.5) is 13.2 Å². The average molecular weight is 261 g/mol. The molecule has 0 unspecified atom stereocenters. The molecule has 0 radical (unpaired) electrons. The summed E-state index contributed by atoms with van der Waals surface area (Å²) in [7, 11) is 0. The van der Waals surface area contributed by atoms with E-state index >= 15 is 0 Å². The van der Waals surface area contributed by atoms with Crippen LogP contribution in [0.5, 0.6) is 0 Å². The zero-order chi connectivity index (χ0) is 14.0. The minimum Gasteiger partial charge on any atom is -0.388 e. The molecule has 0 fully saturated rings. The Hall–Kier alpha value is -1.56. The first-order valence-corrected chi connectivity index (χ1v) is 5.27. The highest BCUT2D eigenvalue weighted by molar-refractivity contribution is 5.82. The lowest BCUT2D eigenvalue weighted by molar-refractivity contribution is -0.176. The maximum absolute atomic E-state index is 12.2. The Morgan fingerprint density at radius 3 is 2.11 bits per heavy atom. The van der Waals surface area contributed by atoms with Crippen LogP contribution in [-0.4, -0.2) is 22.8 Å². The van der Waals surface area contributed by atoms with Crippen LogP contribution in [0.3, 0.4) is 0 Å². The molecule has 0 saturated heterocycles. The molecule has 1 atom stereocenters. The van der Waals surface area contributed by atoms with Crippen LogP contribution < -0.4 is 5.32 Å². The molecule has 1 amide bonds. The molecule has 100 valence electrons. The number of halogens is 3. The lowest BCUT2D eigenvalue weighted by Gasteiger charge is -2.30. The van der Waals surface area contributed by atoms with E-state index in [1.807, 2.05) is 0 Å². The van der Waals surface area contributed by atoms with E-state index in [0.29, 0.717) is 5.56 Å². The van der Waals surface area contributed by atoms with Crippen molar-refractivity contribution in [1.82, 2.24) is 5.32 Å². The van der Waals surface area contributed by atoms with Gasteiger partial charge in [0.25, 0.3) is 0 Å². The van der Waals surface area contributed by atoms with Crippen molar-refractivity contribution < 1.29 is 23.1 Å². The Kier molecular flexibility index (Phi) is 4.01. The Balaban J connectivity index is 2.99. The summed E-state index contributed by atoms with van der Waals surface area (Å²) in [5, 5.41) is 11.7. The molecule has 0 saturated carbocycles. The predicted molar refractivity (Wildman–Crippen MR) is 59.7 cm³/mol. The van der Waals surface area contributed by atoms with Crippen LogP contribution >= 0.6 is 0 Å². The number of amides is 1. The van der Waals surface area contributed by atoms with Gasteiger partial charge in [-0.05, 0) is 19.4 Å². The van der Waals surface area contributed by atoms with E-state index in [1.165, 1.54) is 13.8 Å². The molecule has 0 aliphatic rings. The van der Waals surface area contributed by atoms with Crippen LogP contribution in [0.2, 0.25) is 0 Å². The molecule has 2 N–H and O–H groups in total. The van der Waals surface area contributed by atoms with Gasteiger partial charge in [-0.2, -0.15) is 13.2 Å². The van der Waals surface area contributed by atoms with Gasteiger partial charge in [0.2, 0.25) is 0 Å².